The largest absolute Gasteiger partial charge is 0.418 e. The Bertz CT molecular complexity index is 979. The Morgan fingerprint density at radius 3 is 2.58 bits per heavy atom. The first-order valence-electron chi connectivity index (χ1n) is 7.39. The Kier molecular flexibility index (Phi) is 4.57. The minimum Gasteiger partial charge on any atom is -0.324 e. The standard InChI is InChI=1S/C16H12F3N5O2/c17-16(18,19)10-5-1-2-6-11(10)21-13(25)9-24-14(22-23-15(24)26)12-7-3-4-8-20-12/h1-8H,9H2,(H,21,25)(H,23,26). The summed E-state index contributed by atoms with van der Waals surface area (Å²) >= 11 is 0. The molecule has 0 aliphatic heterocycles. The summed E-state index contributed by atoms with van der Waals surface area (Å²) < 4.78 is 40.0. The molecule has 3 rings (SSSR count). The van der Waals surface area contributed by atoms with Gasteiger partial charge in [0.05, 0.1) is 11.3 Å². The molecular formula is C16H12F3N5O2. The number of carbonyl (C=O) groups is 1. The summed E-state index contributed by atoms with van der Waals surface area (Å²) in [6.07, 6.45) is -3.13. The zero-order chi connectivity index (χ0) is 18.7. The molecular weight excluding hydrogens is 351 g/mol. The zero-order valence-corrected chi connectivity index (χ0v) is 13.1. The molecule has 0 aliphatic carbocycles. The molecule has 0 bridgehead atoms. The van der Waals surface area contributed by atoms with Crippen LogP contribution in [0.1, 0.15) is 5.56 Å². The molecule has 1 amide bonds. The molecule has 0 spiro atoms. The highest BCUT2D eigenvalue weighted by molar-refractivity contribution is 5.91. The third-order valence-corrected chi connectivity index (χ3v) is 3.46. The lowest BCUT2D eigenvalue weighted by Crippen LogP contribution is -2.27. The number of H-pyrrole nitrogens is 1. The van der Waals surface area contributed by atoms with E-state index in [-0.39, 0.29) is 11.5 Å². The predicted octanol–water partition coefficient (Wildman–Crippen LogP) is 2.29. The molecule has 0 saturated heterocycles. The summed E-state index contributed by atoms with van der Waals surface area (Å²) in [5, 5.41) is 8.18. The second-order valence-electron chi connectivity index (χ2n) is 5.25. The van der Waals surface area contributed by atoms with Crippen LogP contribution in [0.5, 0.6) is 0 Å². The van der Waals surface area contributed by atoms with Crippen molar-refractivity contribution < 1.29 is 18.0 Å². The lowest BCUT2D eigenvalue weighted by atomic mass is 10.1. The topological polar surface area (TPSA) is 92.7 Å². The SMILES string of the molecule is O=C(Cn1c(-c2ccccn2)n[nH]c1=O)Nc1ccccc1C(F)(F)F. The Hall–Kier alpha value is -3.43. The van der Waals surface area contributed by atoms with Gasteiger partial charge >= 0.3 is 11.9 Å². The fraction of sp³-hybridized carbons (Fsp3) is 0.125. The number of amides is 1. The fourth-order valence-corrected chi connectivity index (χ4v) is 2.33. The zero-order valence-electron chi connectivity index (χ0n) is 13.1. The van der Waals surface area contributed by atoms with Gasteiger partial charge in [-0.2, -0.15) is 18.3 Å². The maximum atomic E-state index is 13.0. The first-order valence-corrected chi connectivity index (χ1v) is 7.39. The number of pyridine rings is 1. The number of aromatic amines is 1. The Labute approximate surface area is 144 Å². The van der Waals surface area contributed by atoms with E-state index in [1.54, 1.807) is 18.2 Å². The molecule has 2 heterocycles. The molecule has 0 radical (unpaired) electrons. The van der Waals surface area contributed by atoms with Crippen LogP contribution in [-0.4, -0.2) is 25.7 Å². The van der Waals surface area contributed by atoms with Crippen LogP contribution in [0.15, 0.2) is 53.5 Å². The number of benzene rings is 1. The smallest absolute Gasteiger partial charge is 0.324 e. The van der Waals surface area contributed by atoms with Crippen molar-refractivity contribution in [3.05, 3.63) is 64.7 Å². The highest BCUT2D eigenvalue weighted by atomic mass is 19.4. The van der Waals surface area contributed by atoms with Gasteiger partial charge in [0, 0.05) is 6.20 Å². The third kappa shape index (κ3) is 3.63. The normalized spacial score (nSPS) is 11.3. The van der Waals surface area contributed by atoms with Gasteiger partial charge in [-0.15, -0.1) is 0 Å². The van der Waals surface area contributed by atoms with Gasteiger partial charge in [0.25, 0.3) is 0 Å². The number of nitrogens with one attached hydrogen (secondary N) is 2. The highest BCUT2D eigenvalue weighted by Crippen LogP contribution is 2.34. The van der Waals surface area contributed by atoms with Gasteiger partial charge in [-0.3, -0.25) is 14.3 Å². The van der Waals surface area contributed by atoms with Crippen molar-refractivity contribution >= 4 is 11.6 Å². The summed E-state index contributed by atoms with van der Waals surface area (Å²) in [6, 6.07) is 9.51. The summed E-state index contributed by atoms with van der Waals surface area (Å²) in [4.78, 5) is 28.1. The summed E-state index contributed by atoms with van der Waals surface area (Å²) in [6.45, 7) is -0.520. The van der Waals surface area contributed by atoms with E-state index in [9.17, 15) is 22.8 Å². The lowest BCUT2D eigenvalue weighted by molar-refractivity contribution is -0.137. The Morgan fingerprint density at radius 1 is 1.15 bits per heavy atom. The van der Waals surface area contributed by atoms with Crippen molar-refractivity contribution in [3.8, 4) is 11.5 Å². The molecule has 7 nitrogen and oxygen atoms in total. The summed E-state index contributed by atoms with van der Waals surface area (Å²) in [5.74, 6) is -0.697. The average molecular weight is 363 g/mol. The minimum atomic E-state index is -4.62. The lowest BCUT2D eigenvalue weighted by Gasteiger charge is -2.13. The quantitative estimate of drug-likeness (QED) is 0.744. The summed E-state index contributed by atoms with van der Waals surface area (Å²) in [5.41, 5.74) is -1.70. The number of nitrogens with zero attached hydrogens (tertiary/aromatic N) is 3. The molecule has 0 aliphatic rings. The Balaban J connectivity index is 1.85. The van der Waals surface area contributed by atoms with Crippen molar-refractivity contribution in [2.24, 2.45) is 0 Å². The number of para-hydroxylation sites is 1. The van der Waals surface area contributed by atoms with Crippen LogP contribution in [0, 0.1) is 0 Å². The van der Waals surface area contributed by atoms with Crippen LogP contribution >= 0.6 is 0 Å². The predicted molar refractivity (Wildman–Crippen MR) is 86.2 cm³/mol. The molecule has 0 unspecified atom stereocenters. The molecule has 0 fully saturated rings. The molecule has 3 aromatic rings. The number of halogens is 3. The van der Waals surface area contributed by atoms with Crippen LogP contribution < -0.4 is 11.0 Å². The van der Waals surface area contributed by atoms with Gasteiger partial charge in [-0.25, -0.2) is 9.89 Å². The molecule has 2 N–H and O–H groups in total. The second-order valence-corrected chi connectivity index (χ2v) is 5.25. The fourth-order valence-electron chi connectivity index (χ4n) is 2.33. The molecule has 0 saturated carbocycles. The minimum absolute atomic E-state index is 0.106. The maximum Gasteiger partial charge on any atom is 0.418 e. The molecule has 134 valence electrons. The van der Waals surface area contributed by atoms with Crippen molar-refractivity contribution in [2.75, 3.05) is 5.32 Å². The van der Waals surface area contributed by atoms with Crippen LogP contribution in [0.25, 0.3) is 11.5 Å². The van der Waals surface area contributed by atoms with Gasteiger partial charge in [0.1, 0.15) is 12.2 Å². The van der Waals surface area contributed by atoms with Crippen LogP contribution in [0.2, 0.25) is 0 Å². The first kappa shape index (κ1) is 17.4. The number of hydrogen-bond acceptors (Lipinski definition) is 4. The van der Waals surface area contributed by atoms with Crippen molar-refractivity contribution in [3.63, 3.8) is 0 Å². The van der Waals surface area contributed by atoms with Crippen molar-refractivity contribution in [1.29, 1.82) is 0 Å². The van der Waals surface area contributed by atoms with E-state index in [0.29, 0.717) is 5.69 Å². The molecule has 26 heavy (non-hydrogen) atoms. The van der Waals surface area contributed by atoms with E-state index in [4.69, 9.17) is 0 Å². The van der Waals surface area contributed by atoms with E-state index in [0.717, 1.165) is 16.7 Å². The maximum absolute atomic E-state index is 13.0. The number of rotatable bonds is 4. The monoisotopic (exact) mass is 363 g/mol. The van der Waals surface area contributed by atoms with Crippen LogP contribution in [0.4, 0.5) is 18.9 Å². The number of alkyl halides is 3. The van der Waals surface area contributed by atoms with E-state index in [1.165, 1.54) is 18.3 Å². The van der Waals surface area contributed by atoms with Gasteiger partial charge in [-0.1, -0.05) is 18.2 Å². The third-order valence-electron chi connectivity index (χ3n) is 3.46. The Morgan fingerprint density at radius 2 is 1.88 bits per heavy atom. The second kappa shape index (κ2) is 6.82. The molecule has 10 heteroatoms. The van der Waals surface area contributed by atoms with E-state index >= 15 is 0 Å². The summed E-state index contributed by atoms with van der Waals surface area (Å²) in [7, 11) is 0. The number of hydrogen-bond donors (Lipinski definition) is 2. The van der Waals surface area contributed by atoms with Gasteiger partial charge in [0.15, 0.2) is 5.82 Å². The average Bonchev–Trinajstić information content (AvgIpc) is 2.96. The van der Waals surface area contributed by atoms with E-state index in [1.807, 2.05) is 0 Å². The highest BCUT2D eigenvalue weighted by Gasteiger charge is 2.33. The van der Waals surface area contributed by atoms with Gasteiger partial charge in [0.2, 0.25) is 5.91 Å². The number of carbonyl (C=O) groups excluding carboxylic acids is 1. The van der Waals surface area contributed by atoms with Gasteiger partial charge < -0.3 is 5.32 Å². The molecule has 0 atom stereocenters. The van der Waals surface area contributed by atoms with Crippen molar-refractivity contribution in [2.45, 2.75) is 12.7 Å². The molecule has 1 aromatic carbocycles. The molecule has 2 aromatic heterocycles. The van der Waals surface area contributed by atoms with E-state index in [2.05, 4.69) is 20.5 Å². The number of anilines is 1. The van der Waals surface area contributed by atoms with E-state index < -0.39 is 29.9 Å². The first-order chi connectivity index (χ1) is 12.4. The van der Waals surface area contributed by atoms with Crippen molar-refractivity contribution in [1.82, 2.24) is 19.7 Å². The van der Waals surface area contributed by atoms with Crippen LogP contribution in [0.3, 0.4) is 0 Å². The van der Waals surface area contributed by atoms with Crippen LogP contribution in [-0.2, 0) is 17.5 Å². The van der Waals surface area contributed by atoms with Gasteiger partial charge in [-0.05, 0) is 24.3 Å². The number of aromatic nitrogens is 4.